The van der Waals surface area contributed by atoms with Crippen molar-refractivity contribution in [2.75, 3.05) is 44.2 Å². The Kier molecular flexibility index (Phi) is 5.14. The van der Waals surface area contributed by atoms with E-state index >= 15 is 0 Å². The van der Waals surface area contributed by atoms with Crippen LogP contribution in [-0.4, -0.2) is 60.9 Å². The molecule has 0 atom stereocenters. The summed E-state index contributed by atoms with van der Waals surface area (Å²) in [4.78, 5) is 31.3. The second-order valence-electron chi connectivity index (χ2n) is 7.19. The molecule has 0 radical (unpaired) electrons. The van der Waals surface area contributed by atoms with Gasteiger partial charge < -0.3 is 19.1 Å². The number of likely N-dealkylation sites (tertiary alicyclic amines) is 1. The lowest BCUT2D eigenvalue weighted by molar-refractivity contribution is -0.137. The molecule has 0 aliphatic carbocycles. The number of benzene rings is 1. The molecule has 142 valence electrons. The van der Waals surface area contributed by atoms with Crippen molar-refractivity contribution in [1.29, 1.82) is 0 Å². The van der Waals surface area contributed by atoms with Crippen LogP contribution in [0.15, 0.2) is 53.1 Å². The first-order valence-corrected chi connectivity index (χ1v) is 9.64. The lowest BCUT2D eigenvalue weighted by atomic mass is 9.94. The zero-order valence-electron chi connectivity index (χ0n) is 15.4. The van der Waals surface area contributed by atoms with E-state index in [0.29, 0.717) is 18.8 Å². The van der Waals surface area contributed by atoms with Crippen molar-refractivity contribution in [3.8, 4) is 0 Å². The molecule has 2 aromatic rings. The summed E-state index contributed by atoms with van der Waals surface area (Å²) in [5.41, 5.74) is 1.22. The third-order valence-electron chi connectivity index (χ3n) is 5.58. The number of furan rings is 1. The second-order valence-corrected chi connectivity index (χ2v) is 7.19. The summed E-state index contributed by atoms with van der Waals surface area (Å²) in [7, 11) is 0. The summed E-state index contributed by atoms with van der Waals surface area (Å²) < 4.78 is 5.19. The number of para-hydroxylation sites is 1. The van der Waals surface area contributed by atoms with E-state index in [1.54, 1.807) is 17.0 Å². The van der Waals surface area contributed by atoms with Gasteiger partial charge in [0.25, 0.3) is 5.91 Å². The van der Waals surface area contributed by atoms with Crippen molar-refractivity contribution in [3.05, 3.63) is 54.5 Å². The maximum absolute atomic E-state index is 12.9. The standard InChI is InChI=1S/C21H25N3O3/c25-20(24-14-12-22(13-15-24)18-5-2-1-3-6-18)17-8-10-23(11-9-17)21(26)19-7-4-16-27-19/h1-7,16-17H,8-15H2. The van der Waals surface area contributed by atoms with Crippen molar-refractivity contribution >= 4 is 17.5 Å². The molecule has 6 heteroatoms. The van der Waals surface area contributed by atoms with Gasteiger partial charge in [-0.15, -0.1) is 0 Å². The number of hydrogen-bond donors (Lipinski definition) is 0. The number of rotatable bonds is 3. The van der Waals surface area contributed by atoms with Gasteiger partial charge in [0.15, 0.2) is 5.76 Å². The lowest BCUT2D eigenvalue weighted by Gasteiger charge is -2.39. The maximum Gasteiger partial charge on any atom is 0.289 e. The minimum absolute atomic E-state index is 0.0222. The van der Waals surface area contributed by atoms with Gasteiger partial charge in [-0.05, 0) is 37.1 Å². The summed E-state index contributed by atoms with van der Waals surface area (Å²) in [6.07, 6.45) is 2.97. The first-order valence-electron chi connectivity index (χ1n) is 9.64. The fourth-order valence-corrected chi connectivity index (χ4v) is 3.97. The van der Waals surface area contributed by atoms with Crippen LogP contribution >= 0.6 is 0 Å². The molecule has 2 saturated heterocycles. The van der Waals surface area contributed by atoms with Crippen molar-refractivity contribution in [2.24, 2.45) is 5.92 Å². The quantitative estimate of drug-likeness (QED) is 0.836. The van der Waals surface area contributed by atoms with Crippen molar-refractivity contribution in [2.45, 2.75) is 12.8 Å². The molecule has 2 aliphatic rings. The fourth-order valence-electron chi connectivity index (χ4n) is 3.97. The number of amides is 2. The summed E-state index contributed by atoms with van der Waals surface area (Å²) in [6.45, 7) is 4.48. The zero-order chi connectivity index (χ0) is 18.6. The van der Waals surface area contributed by atoms with Crippen molar-refractivity contribution in [3.63, 3.8) is 0 Å². The molecule has 6 nitrogen and oxygen atoms in total. The average Bonchev–Trinajstić information content (AvgIpc) is 3.28. The Bertz CT molecular complexity index is 759. The molecule has 0 spiro atoms. The summed E-state index contributed by atoms with van der Waals surface area (Å²) in [5.74, 6) is 0.556. The molecule has 2 fully saturated rings. The number of hydrogen-bond acceptors (Lipinski definition) is 4. The van der Waals surface area contributed by atoms with E-state index in [4.69, 9.17) is 4.42 Å². The highest BCUT2D eigenvalue weighted by atomic mass is 16.3. The molecule has 1 aromatic carbocycles. The highest BCUT2D eigenvalue weighted by molar-refractivity contribution is 5.91. The van der Waals surface area contributed by atoms with Gasteiger partial charge in [0.1, 0.15) is 0 Å². The van der Waals surface area contributed by atoms with Gasteiger partial charge in [0, 0.05) is 50.9 Å². The number of carbonyl (C=O) groups is 2. The number of nitrogens with zero attached hydrogens (tertiary/aromatic N) is 3. The molecule has 0 unspecified atom stereocenters. The lowest BCUT2D eigenvalue weighted by Crippen LogP contribution is -2.52. The molecule has 0 N–H and O–H groups in total. The van der Waals surface area contributed by atoms with Gasteiger partial charge in [-0.3, -0.25) is 9.59 Å². The SMILES string of the molecule is O=C(c1ccco1)N1CCC(C(=O)N2CCN(c3ccccc3)CC2)CC1. The predicted octanol–water partition coefficient (Wildman–Crippen LogP) is 2.48. The Morgan fingerprint density at radius 2 is 1.52 bits per heavy atom. The molecular weight excluding hydrogens is 342 g/mol. The number of piperazine rings is 1. The molecular formula is C21H25N3O3. The zero-order valence-corrected chi connectivity index (χ0v) is 15.4. The van der Waals surface area contributed by atoms with E-state index in [0.717, 1.165) is 39.0 Å². The monoisotopic (exact) mass is 367 g/mol. The van der Waals surface area contributed by atoms with Gasteiger partial charge in [-0.25, -0.2) is 0 Å². The normalized spacial score (nSPS) is 18.6. The minimum Gasteiger partial charge on any atom is -0.459 e. The van der Waals surface area contributed by atoms with E-state index in [2.05, 4.69) is 17.0 Å². The number of carbonyl (C=O) groups excluding carboxylic acids is 2. The van der Waals surface area contributed by atoms with E-state index in [9.17, 15) is 9.59 Å². The first kappa shape index (κ1) is 17.6. The summed E-state index contributed by atoms with van der Waals surface area (Å²) in [6, 6.07) is 13.7. The topological polar surface area (TPSA) is 57.0 Å². The van der Waals surface area contributed by atoms with E-state index in [-0.39, 0.29) is 17.7 Å². The van der Waals surface area contributed by atoms with E-state index in [1.807, 2.05) is 23.1 Å². The third kappa shape index (κ3) is 3.84. The van der Waals surface area contributed by atoms with Crippen LogP contribution in [0.1, 0.15) is 23.4 Å². The summed E-state index contributed by atoms with van der Waals surface area (Å²) >= 11 is 0. The van der Waals surface area contributed by atoms with Gasteiger partial charge in [-0.2, -0.15) is 0 Å². The van der Waals surface area contributed by atoms with Crippen LogP contribution < -0.4 is 4.90 Å². The Hall–Kier alpha value is -2.76. The Labute approximate surface area is 159 Å². The maximum atomic E-state index is 12.9. The van der Waals surface area contributed by atoms with Gasteiger partial charge in [0.2, 0.25) is 5.91 Å². The van der Waals surface area contributed by atoms with Crippen molar-refractivity contribution in [1.82, 2.24) is 9.80 Å². The first-order chi connectivity index (χ1) is 13.2. The average molecular weight is 367 g/mol. The Morgan fingerprint density at radius 3 is 2.15 bits per heavy atom. The van der Waals surface area contributed by atoms with Crippen LogP contribution in [-0.2, 0) is 4.79 Å². The highest BCUT2D eigenvalue weighted by Gasteiger charge is 2.32. The van der Waals surface area contributed by atoms with E-state index in [1.165, 1.54) is 12.0 Å². The highest BCUT2D eigenvalue weighted by Crippen LogP contribution is 2.23. The number of anilines is 1. The molecule has 2 aliphatic heterocycles. The van der Waals surface area contributed by atoms with Crippen LogP contribution in [0.25, 0.3) is 0 Å². The largest absolute Gasteiger partial charge is 0.459 e. The Morgan fingerprint density at radius 1 is 0.815 bits per heavy atom. The summed E-state index contributed by atoms with van der Waals surface area (Å²) in [5, 5.41) is 0. The van der Waals surface area contributed by atoms with E-state index < -0.39 is 0 Å². The molecule has 3 heterocycles. The van der Waals surface area contributed by atoms with Crippen LogP contribution in [0, 0.1) is 5.92 Å². The molecule has 2 amide bonds. The third-order valence-corrected chi connectivity index (χ3v) is 5.58. The van der Waals surface area contributed by atoms with Gasteiger partial charge in [0.05, 0.1) is 6.26 Å². The van der Waals surface area contributed by atoms with Crippen LogP contribution in [0.3, 0.4) is 0 Å². The minimum atomic E-state index is -0.0811. The molecule has 27 heavy (non-hydrogen) atoms. The Balaban J connectivity index is 1.27. The van der Waals surface area contributed by atoms with Crippen LogP contribution in [0.4, 0.5) is 5.69 Å². The molecule has 1 aromatic heterocycles. The fraction of sp³-hybridized carbons (Fsp3) is 0.429. The predicted molar refractivity (Wildman–Crippen MR) is 103 cm³/mol. The smallest absolute Gasteiger partial charge is 0.289 e. The molecule has 4 rings (SSSR count). The van der Waals surface area contributed by atoms with Crippen LogP contribution in [0.5, 0.6) is 0 Å². The number of piperidine rings is 1. The van der Waals surface area contributed by atoms with Crippen LogP contribution in [0.2, 0.25) is 0 Å². The second kappa shape index (κ2) is 7.86. The van der Waals surface area contributed by atoms with Crippen molar-refractivity contribution < 1.29 is 14.0 Å². The molecule has 0 bridgehead atoms. The molecule has 0 saturated carbocycles. The van der Waals surface area contributed by atoms with Gasteiger partial charge in [-0.1, -0.05) is 18.2 Å². The van der Waals surface area contributed by atoms with Gasteiger partial charge >= 0.3 is 0 Å².